The molecule has 0 saturated heterocycles. The quantitative estimate of drug-likeness (QED) is 0.637. The summed E-state index contributed by atoms with van der Waals surface area (Å²) in [5.74, 6) is 0. The van der Waals surface area contributed by atoms with Gasteiger partial charge in [-0.3, -0.25) is 0 Å². The topological polar surface area (TPSA) is 17.8 Å². The van der Waals surface area contributed by atoms with Crippen LogP contribution in [0.3, 0.4) is 0 Å². The van der Waals surface area contributed by atoms with Crippen LogP contribution in [0.1, 0.15) is 16.8 Å². The number of halogens is 3. The van der Waals surface area contributed by atoms with Crippen LogP contribution in [0.4, 0.5) is 13.2 Å². The zero-order valence-electron chi connectivity index (χ0n) is 12.7. The molecule has 0 radical (unpaired) electrons. The van der Waals surface area contributed by atoms with E-state index in [4.69, 9.17) is 0 Å². The largest absolute Gasteiger partial charge is 0.416 e. The third-order valence-electron chi connectivity index (χ3n) is 3.70. The molecule has 0 unspecified atom stereocenters. The predicted octanol–water partition coefficient (Wildman–Crippen LogP) is 5.17. The minimum atomic E-state index is -4.34. The lowest BCUT2D eigenvalue weighted by Crippen LogP contribution is -2.04. The number of nitrogens with zero attached hydrogens (tertiary/aromatic N) is 2. The van der Waals surface area contributed by atoms with Crippen LogP contribution in [-0.4, -0.2) is 9.78 Å². The van der Waals surface area contributed by atoms with E-state index in [1.807, 2.05) is 44.3 Å². The van der Waals surface area contributed by atoms with Crippen molar-refractivity contribution in [3.05, 3.63) is 71.5 Å². The Morgan fingerprint density at radius 1 is 0.913 bits per heavy atom. The SMILES string of the molecule is Cc1ccn(-c2cc(-c3cccc(C(F)(F)F)c3)ccc2C)n1. The summed E-state index contributed by atoms with van der Waals surface area (Å²) in [5, 5.41) is 4.37. The highest BCUT2D eigenvalue weighted by molar-refractivity contribution is 5.68. The van der Waals surface area contributed by atoms with E-state index in [0.717, 1.165) is 28.6 Å². The van der Waals surface area contributed by atoms with Gasteiger partial charge in [-0.2, -0.15) is 18.3 Å². The third kappa shape index (κ3) is 3.13. The van der Waals surface area contributed by atoms with Crippen molar-refractivity contribution >= 4 is 0 Å². The normalized spacial score (nSPS) is 11.7. The molecule has 0 amide bonds. The molecule has 118 valence electrons. The molecule has 5 heteroatoms. The van der Waals surface area contributed by atoms with Crippen molar-refractivity contribution in [3.8, 4) is 16.8 Å². The molecular weight excluding hydrogens is 301 g/mol. The van der Waals surface area contributed by atoms with Gasteiger partial charge in [0.2, 0.25) is 0 Å². The fourth-order valence-electron chi connectivity index (χ4n) is 2.46. The lowest BCUT2D eigenvalue weighted by molar-refractivity contribution is -0.137. The monoisotopic (exact) mass is 316 g/mol. The Labute approximate surface area is 132 Å². The highest BCUT2D eigenvalue weighted by atomic mass is 19.4. The Morgan fingerprint density at radius 2 is 1.65 bits per heavy atom. The Hall–Kier alpha value is -2.56. The third-order valence-corrected chi connectivity index (χ3v) is 3.70. The molecule has 0 aliphatic carbocycles. The summed E-state index contributed by atoms with van der Waals surface area (Å²) in [7, 11) is 0. The molecular formula is C18H15F3N2. The van der Waals surface area contributed by atoms with Gasteiger partial charge in [-0.15, -0.1) is 0 Å². The van der Waals surface area contributed by atoms with Gasteiger partial charge < -0.3 is 0 Å². The average molecular weight is 316 g/mol. The van der Waals surface area contributed by atoms with Gasteiger partial charge in [-0.05, 0) is 54.8 Å². The van der Waals surface area contributed by atoms with E-state index < -0.39 is 11.7 Å². The molecule has 0 aliphatic rings. The summed E-state index contributed by atoms with van der Waals surface area (Å²) in [6.45, 7) is 3.84. The van der Waals surface area contributed by atoms with Crippen LogP contribution >= 0.6 is 0 Å². The first-order valence-electron chi connectivity index (χ1n) is 7.15. The lowest BCUT2D eigenvalue weighted by atomic mass is 10.0. The van der Waals surface area contributed by atoms with Gasteiger partial charge in [-0.1, -0.05) is 24.3 Å². The van der Waals surface area contributed by atoms with Crippen LogP contribution in [0.25, 0.3) is 16.8 Å². The lowest BCUT2D eigenvalue weighted by Gasteiger charge is -2.11. The highest BCUT2D eigenvalue weighted by Gasteiger charge is 2.30. The number of rotatable bonds is 2. The number of hydrogen-bond donors (Lipinski definition) is 0. The van der Waals surface area contributed by atoms with Gasteiger partial charge in [0.1, 0.15) is 0 Å². The number of benzene rings is 2. The van der Waals surface area contributed by atoms with Crippen LogP contribution in [0.2, 0.25) is 0 Å². The summed E-state index contributed by atoms with van der Waals surface area (Å²) in [5.41, 5.74) is 3.35. The van der Waals surface area contributed by atoms with Gasteiger partial charge >= 0.3 is 6.18 Å². The number of hydrogen-bond acceptors (Lipinski definition) is 1. The van der Waals surface area contributed by atoms with E-state index in [-0.39, 0.29) is 0 Å². The molecule has 0 saturated carbocycles. The van der Waals surface area contributed by atoms with Crippen molar-refractivity contribution < 1.29 is 13.2 Å². The molecule has 2 nitrogen and oxygen atoms in total. The second-order valence-electron chi connectivity index (χ2n) is 5.48. The van der Waals surface area contributed by atoms with Crippen molar-refractivity contribution in [2.45, 2.75) is 20.0 Å². The number of alkyl halides is 3. The van der Waals surface area contributed by atoms with Crippen LogP contribution in [0, 0.1) is 13.8 Å². The average Bonchev–Trinajstić information content (AvgIpc) is 2.93. The first-order valence-corrected chi connectivity index (χ1v) is 7.15. The second-order valence-corrected chi connectivity index (χ2v) is 5.48. The Bertz CT molecular complexity index is 847. The van der Waals surface area contributed by atoms with E-state index >= 15 is 0 Å². The van der Waals surface area contributed by atoms with Gasteiger partial charge in [0.25, 0.3) is 0 Å². The minimum Gasteiger partial charge on any atom is -0.240 e. The van der Waals surface area contributed by atoms with Gasteiger partial charge in [0.15, 0.2) is 0 Å². The molecule has 0 spiro atoms. The van der Waals surface area contributed by atoms with Crippen LogP contribution in [0.5, 0.6) is 0 Å². The van der Waals surface area contributed by atoms with Gasteiger partial charge in [0.05, 0.1) is 16.9 Å². The van der Waals surface area contributed by atoms with Crippen LogP contribution in [-0.2, 0) is 6.18 Å². The summed E-state index contributed by atoms with van der Waals surface area (Å²) in [6, 6.07) is 12.8. The van der Waals surface area contributed by atoms with E-state index in [0.29, 0.717) is 5.56 Å². The second kappa shape index (κ2) is 5.57. The molecule has 2 aromatic carbocycles. The Balaban J connectivity index is 2.08. The summed E-state index contributed by atoms with van der Waals surface area (Å²) < 4.78 is 40.4. The smallest absolute Gasteiger partial charge is 0.240 e. The number of aryl methyl sites for hydroxylation is 2. The fraction of sp³-hybridized carbons (Fsp3) is 0.167. The van der Waals surface area contributed by atoms with Crippen molar-refractivity contribution in [3.63, 3.8) is 0 Å². The van der Waals surface area contributed by atoms with Gasteiger partial charge in [0, 0.05) is 6.20 Å². The number of aromatic nitrogens is 2. The zero-order chi connectivity index (χ0) is 16.6. The minimum absolute atomic E-state index is 0.532. The highest BCUT2D eigenvalue weighted by Crippen LogP contribution is 2.33. The molecule has 1 aromatic heterocycles. The van der Waals surface area contributed by atoms with Crippen molar-refractivity contribution in [1.29, 1.82) is 0 Å². The molecule has 0 fully saturated rings. The maximum absolute atomic E-state index is 12.9. The van der Waals surface area contributed by atoms with E-state index in [1.54, 1.807) is 10.7 Å². The molecule has 1 heterocycles. The van der Waals surface area contributed by atoms with E-state index in [2.05, 4.69) is 5.10 Å². The molecule has 0 aliphatic heterocycles. The first kappa shape index (κ1) is 15.3. The molecule has 3 aromatic rings. The standard InChI is InChI=1S/C18H15F3N2/c1-12-6-7-15(11-17(12)23-9-8-13(2)22-23)14-4-3-5-16(10-14)18(19,20)21/h3-11H,1-2H3. The first-order chi connectivity index (χ1) is 10.8. The molecule has 3 rings (SSSR count). The van der Waals surface area contributed by atoms with Crippen LogP contribution in [0.15, 0.2) is 54.7 Å². The van der Waals surface area contributed by atoms with Crippen molar-refractivity contribution in [2.24, 2.45) is 0 Å². The molecule has 0 atom stereocenters. The molecule has 0 bridgehead atoms. The van der Waals surface area contributed by atoms with Gasteiger partial charge in [-0.25, -0.2) is 4.68 Å². The maximum atomic E-state index is 12.9. The Morgan fingerprint density at radius 3 is 2.30 bits per heavy atom. The maximum Gasteiger partial charge on any atom is 0.416 e. The van der Waals surface area contributed by atoms with E-state index in [9.17, 15) is 13.2 Å². The Kier molecular flexibility index (Phi) is 3.72. The van der Waals surface area contributed by atoms with Crippen molar-refractivity contribution in [2.75, 3.05) is 0 Å². The summed E-state index contributed by atoms with van der Waals surface area (Å²) in [6.07, 6.45) is -2.50. The zero-order valence-corrected chi connectivity index (χ0v) is 12.7. The molecule has 0 N–H and O–H groups in total. The molecule has 23 heavy (non-hydrogen) atoms. The predicted molar refractivity (Wildman–Crippen MR) is 83.5 cm³/mol. The van der Waals surface area contributed by atoms with Crippen molar-refractivity contribution in [1.82, 2.24) is 9.78 Å². The fourth-order valence-corrected chi connectivity index (χ4v) is 2.46. The van der Waals surface area contributed by atoms with E-state index in [1.165, 1.54) is 12.1 Å². The summed E-state index contributed by atoms with van der Waals surface area (Å²) in [4.78, 5) is 0. The van der Waals surface area contributed by atoms with Crippen LogP contribution < -0.4 is 0 Å². The summed E-state index contributed by atoms with van der Waals surface area (Å²) >= 11 is 0.